The van der Waals surface area contributed by atoms with E-state index in [2.05, 4.69) is 45.9 Å². The molecule has 0 aliphatic heterocycles. The Morgan fingerprint density at radius 2 is 1.83 bits per heavy atom. The first-order valence-electron chi connectivity index (χ1n) is 13.7. The van der Waals surface area contributed by atoms with E-state index in [0.717, 1.165) is 63.5 Å². The largest absolute Gasteiger partial charge is 0.469 e. The Balaban J connectivity index is 1.49. The molecule has 5 aliphatic carbocycles. The smallest absolute Gasteiger partial charge is 0.312 e. The summed E-state index contributed by atoms with van der Waals surface area (Å²) in [5.41, 5.74) is 1.90. The van der Waals surface area contributed by atoms with Crippen LogP contribution in [-0.2, 0) is 27.2 Å². The van der Waals surface area contributed by atoms with E-state index in [4.69, 9.17) is 9.26 Å². The molecule has 3 saturated carbocycles. The van der Waals surface area contributed by atoms with Gasteiger partial charge in [0.25, 0.3) is 0 Å². The lowest BCUT2D eigenvalue weighted by Crippen LogP contribution is -2.65. The maximum Gasteiger partial charge on any atom is 0.312 e. The number of nitrogens with zero attached hydrogens (tertiary/aromatic N) is 1. The number of aromatic nitrogens is 1. The van der Waals surface area contributed by atoms with Crippen molar-refractivity contribution in [2.24, 2.45) is 44.8 Å². The van der Waals surface area contributed by atoms with Crippen LogP contribution in [0, 0.1) is 44.8 Å². The average molecular weight is 480 g/mol. The van der Waals surface area contributed by atoms with Gasteiger partial charge < -0.3 is 9.26 Å². The number of carbonyl (C=O) groups is 2. The van der Waals surface area contributed by atoms with Crippen LogP contribution in [0.15, 0.2) is 22.4 Å². The van der Waals surface area contributed by atoms with Gasteiger partial charge in [-0.3, -0.25) is 9.59 Å². The predicted molar refractivity (Wildman–Crippen MR) is 132 cm³/mol. The van der Waals surface area contributed by atoms with Crippen LogP contribution in [0.4, 0.5) is 0 Å². The van der Waals surface area contributed by atoms with Crippen LogP contribution in [-0.4, -0.2) is 24.0 Å². The maximum atomic E-state index is 14.3. The Kier molecular flexibility index (Phi) is 4.77. The SMILES string of the molecule is COC(=O)[C@]12CCC(C)(C)C[C@H]1[C@H]1C(=O)C=C3[C@@]4(C)Cc5cnoc5C[C@@H]4CC[C@@]3(C)[C@]1(C)CC2. The van der Waals surface area contributed by atoms with Crippen molar-refractivity contribution in [3.05, 3.63) is 29.2 Å². The molecule has 3 fully saturated rings. The van der Waals surface area contributed by atoms with Crippen LogP contribution in [0.1, 0.15) is 90.9 Å². The fourth-order valence-corrected chi connectivity index (χ4v) is 9.86. The highest BCUT2D eigenvalue weighted by atomic mass is 16.5. The number of allylic oxidation sites excluding steroid dienone is 2. The standard InChI is InChI=1S/C30H41NO4/c1-26(2)9-11-30(25(33)34-6)12-10-29(5)24(20(30)16-26)21(32)14-23-27(3)15-18-17-31-35-22(18)13-19(27)7-8-28(23,29)4/h14,17,19-20,24H,7-13,15-16H2,1-6H3/t19-,20-,24-,27-,28+,29+,30-/m0/s1. The predicted octanol–water partition coefficient (Wildman–Crippen LogP) is 6.11. The number of fused-ring (bicyclic) bond motifs is 8. The van der Waals surface area contributed by atoms with Crippen LogP contribution in [0.5, 0.6) is 0 Å². The molecule has 35 heavy (non-hydrogen) atoms. The van der Waals surface area contributed by atoms with E-state index in [0.29, 0.717) is 5.92 Å². The van der Waals surface area contributed by atoms with Crippen LogP contribution in [0.25, 0.3) is 0 Å². The highest BCUT2D eigenvalue weighted by Crippen LogP contribution is 2.73. The van der Waals surface area contributed by atoms with Gasteiger partial charge in [0.15, 0.2) is 5.78 Å². The number of hydrogen-bond acceptors (Lipinski definition) is 5. The second-order valence-corrected chi connectivity index (χ2v) is 14.1. The summed E-state index contributed by atoms with van der Waals surface area (Å²) in [7, 11) is 1.52. The molecule has 0 N–H and O–H groups in total. The van der Waals surface area contributed by atoms with Crippen LogP contribution < -0.4 is 0 Å². The van der Waals surface area contributed by atoms with E-state index >= 15 is 0 Å². The molecule has 7 atom stereocenters. The molecule has 6 rings (SSSR count). The van der Waals surface area contributed by atoms with Gasteiger partial charge >= 0.3 is 5.97 Å². The van der Waals surface area contributed by atoms with Crippen molar-refractivity contribution in [1.29, 1.82) is 0 Å². The minimum atomic E-state index is -0.519. The Hall–Kier alpha value is -1.91. The second-order valence-electron chi connectivity index (χ2n) is 14.1. The molecule has 0 spiro atoms. The molecular formula is C30H41NO4. The summed E-state index contributed by atoms with van der Waals surface area (Å²) in [6, 6.07) is 0. The molecule has 0 unspecified atom stereocenters. The third-order valence-corrected chi connectivity index (χ3v) is 12.2. The Bertz CT molecular complexity index is 1130. The summed E-state index contributed by atoms with van der Waals surface area (Å²) in [6.45, 7) is 11.8. The molecule has 5 nitrogen and oxygen atoms in total. The van der Waals surface area contributed by atoms with E-state index < -0.39 is 5.41 Å². The fraction of sp³-hybridized carbons (Fsp3) is 0.767. The highest BCUT2D eigenvalue weighted by Gasteiger charge is 2.70. The lowest BCUT2D eigenvalue weighted by Gasteiger charge is -2.68. The van der Waals surface area contributed by atoms with Crippen LogP contribution >= 0.6 is 0 Å². The third kappa shape index (κ3) is 2.84. The first-order valence-corrected chi connectivity index (χ1v) is 13.7. The van der Waals surface area contributed by atoms with Crippen molar-refractivity contribution in [2.45, 2.75) is 92.4 Å². The molecular weight excluding hydrogens is 438 g/mol. The van der Waals surface area contributed by atoms with Gasteiger partial charge in [-0.1, -0.05) is 45.3 Å². The molecule has 5 aliphatic rings. The minimum Gasteiger partial charge on any atom is -0.469 e. The lowest BCUT2D eigenvalue weighted by atomic mass is 9.35. The van der Waals surface area contributed by atoms with E-state index in [-0.39, 0.29) is 45.2 Å². The molecule has 0 aromatic carbocycles. The van der Waals surface area contributed by atoms with Gasteiger partial charge in [-0.15, -0.1) is 0 Å². The number of ether oxygens (including phenoxy) is 1. The summed E-state index contributed by atoms with van der Waals surface area (Å²) >= 11 is 0. The molecule has 0 saturated heterocycles. The molecule has 0 bridgehead atoms. The Morgan fingerprint density at radius 1 is 1.09 bits per heavy atom. The Morgan fingerprint density at radius 3 is 2.57 bits per heavy atom. The van der Waals surface area contributed by atoms with Crippen molar-refractivity contribution in [3.63, 3.8) is 0 Å². The summed E-state index contributed by atoms with van der Waals surface area (Å²) < 4.78 is 11.0. The maximum absolute atomic E-state index is 14.3. The fourth-order valence-electron chi connectivity index (χ4n) is 9.86. The number of esters is 1. The molecule has 1 aromatic heterocycles. The quantitative estimate of drug-likeness (QED) is 0.455. The number of carbonyl (C=O) groups excluding carboxylic acids is 2. The first-order chi connectivity index (χ1) is 16.4. The van der Waals surface area contributed by atoms with Crippen LogP contribution in [0.2, 0.25) is 0 Å². The number of methoxy groups -OCH3 is 1. The highest BCUT2D eigenvalue weighted by molar-refractivity contribution is 5.96. The van der Waals surface area contributed by atoms with Gasteiger partial charge in [0.2, 0.25) is 0 Å². The van der Waals surface area contributed by atoms with Crippen molar-refractivity contribution in [3.8, 4) is 0 Å². The van der Waals surface area contributed by atoms with Gasteiger partial charge in [0, 0.05) is 17.9 Å². The molecule has 0 amide bonds. The summed E-state index contributed by atoms with van der Waals surface area (Å²) in [4.78, 5) is 27.7. The third-order valence-electron chi connectivity index (χ3n) is 12.2. The van der Waals surface area contributed by atoms with Gasteiger partial charge in [0.05, 0.1) is 18.7 Å². The van der Waals surface area contributed by atoms with E-state index in [1.165, 1.54) is 18.2 Å². The van der Waals surface area contributed by atoms with E-state index in [1.807, 2.05) is 6.20 Å². The number of ketones is 1. The zero-order chi connectivity index (χ0) is 25.0. The van der Waals surface area contributed by atoms with Crippen molar-refractivity contribution >= 4 is 11.8 Å². The van der Waals surface area contributed by atoms with E-state index in [9.17, 15) is 9.59 Å². The average Bonchev–Trinajstić information content (AvgIpc) is 3.25. The second kappa shape index (κ2) is 7.10. The van der Waals surface area contributed by atoms with Crippen molar-refractivity contribution in [2.75, 3.05) is 7.11 Å². The lowest BCUT2D eigenvalue weighted by molar-refractivity contribution is -0.190. The zero-order valence-electron chi connectivity index (χ0n) is 22.3. The van der Waals surface area contributed by atoms with E-state index in [1.54, 1.807) is 0 Å². The molecule has 5 heteroatoms. The van der Waals surface area contributed by atoms with Gasteiger partial charge in [0.1, 0.15) is 5.76 Å². The molecule has 1 heterocycles. The normalized spacial score (nSPS) is 45.7. The minimum absolute atomic E-state index is 0.0427. The van der Waals surface area contributed by atoms with Crippen molar-refractivity contribution in [1.82, 2.24) is 5.16 Å². The molecule has 0 radical (unpaired) electrons. The molecule has 1 aromatic rings. The number of rotatable bonds is 1. The first kappa shape index (κ1) is 23.5. The van der Waals surface area contributed by atoms with Crippen LogP contribution in [0.3, 0.4) is 0 Å². The summed E-state index contributed by atoms with van der Waals surface area (Å²) in [6.07, 6.45) is 12.5. The van der Waals surface area contributed by atoms with Gasteiger partial charge in [-0.2, -0.15) is 0 Å². The van der Waals surface area contributed by atoms with Crippen molar-refractivity contribution < 1.29 is 18.8 Å². The van der Waals surface area contributed by atoms with Gasteiger partial charge in [-0.25, -0.2) is 0 Å². The topological polar surface area (TPSA) is 69.4 Å². The molecule has 190 valence electrons. The monoisotopic (exact) mass is 479 g/mol. The Labute approximate surface area is 209 Å². The zero-order valence-corrected chi connectivity index (χ0v) is 22.3. The summed E-state index contributed by atoms with van der Waals surface area (Å²) in [5.74, 6) is 1.60. The van der Waals surface area contributed by atoms with Gasteiger partial charge in [-0.05, 0) is 90.9 Å². The number of hydrogen-bond donors (Lipinski definition) is 0. The summed E-state index contributed by atoms with van der Waals surface area (Å²) in [5, 5.41) is 4.09.